The van der Waals surface area contributed by atoms with E-state index < -0.39 is 29.1 Å². The molecular formula is C16H26ClNO4. The number of ether oxygens (including phenoxy) is 1. The average Bonchev–Trinajstić information content (AvgIpc) is 2.65. The molecule has 1 amide bonds. The van der Waals surface area contributed by atoms with E-state index in [1.54, 1.807) is 6.92 Å². The van der Waals surface area contributed by atoms with Crippen LogP contribution in [0.4, 0.5) is 0 Å². The SMILES string of the molecule is CCCCCC(C)C(O)C12NC(=O)C(CCCl)C1(C)OC2=O. The van der Waals surface area contributed by atoms with Crippen LogP contribution in [0.5, 0.6) is 0 Å². The molecule has 0 saturated carbocycles. The van der Waals surface area contributed by atoms with Crippen molar-refractivity contribution in [1.29, 1.82) is 0 Å². The molecule has 0 aromatic rings. The van der Waals surface area contributed by atoms with Crippen molar-refractivity contribution in [2.75, 3.05) is 5.88 Å². The number of fused-ring (bicyclic) bond motifs is 1. The maximum absolute atomic E-state index is 12.3. The first kappa shape index (κ1) is 17.5. The summed E-state index contributed by atoms with van der Waals surface area (Å²) in [6.45, 7) is 5.77. The topological polar surface area (TPSA) is 75.6 Å². The minimum absolute atomic E-state index is 0.0891. The predicted molar refractivity (Wildman–Crippen MR) is 83.5 cm³/mol. The zero-order chi connectivity index (χ0) is 16.5. The van der Waals surface area contributed by atoms with Gasteiger partial charge in [0.05, 0.1) is 12.0 Å². The highest BCUT2D eigenvalue weighted by Gasteiger charge is 2.79. The molecule has 5 unspecified atom stereocenters. The van der Waals surface area contributed by atoms with E-state index in [1.807, 2.05) is 6.92 Å². The van der Waals surface area contributed by atoms with Crippen LogP contribution < -0.4 is 5.32 Å². The van der Waals surface area contributed by atoms with Crippen LogP contribution in [0, 0.1) is 11.8 Å². The molecular weight excluding hydrogens is 306 g/mol. The maximum Gasteiger partial charge on any atom is 0.339 e. The monoisotopic (exact) mass is 331 g/mol. The third kappa shape index (κ3) is 2.33. The van der Waals surface area contributed by atoms with E-state index in [0.717, 1.165) is 25.7 Å². The molecule has 0 aromatic carbocycles. The van der Waals surface area contributed by atoms with Crippen LogP contribution in [-0.4, -0.2) is 40.1 Å². The number of amides is 1. The summed E-state index contributed by atoms with van der Waals surface area (Å²) in [4.78, 5) is 24.4. The number of esters is 1. The molecule has 2 fully saturated rings. The molecule has 2 N–H and O–H groups in total. The van der Waals surface area contributed by atoms with Gasteiger partial charge in [0.2, 0.25) is 11.4 Å². The smallest absolute Gasteiger partial charge is 0.339 e. The molecule has 6 heteroatoms. The van der Waals surface area contributed by atoms with Gasteiger partial charge in [0.15, 0.2) is 5.60 Å². The lowest BCUT2D eigenvalue weighted by Gasteiger charge is -2.54. The molecule has 2 aliphatic heterocycles. The van der Waals surface area contributed by atoms with E-state index in [1.165, 1.54) is 0 Å². The highest BCUT2D eigenvalue weighted by atomic mass is 35.5. The van der Waals surface area contributed by atoms with Crippen molar-refractivity contribution >= 4 is 23.5 Å². The Bertz CT molecular complexity index is 457. The fraction of sp³-hybridized carbons (Fsp3) is 0.875. The van der Waals surface area contributed by atoms with Crippen LogP contribution in [0.3, 0.4) is 0 Å². The van der Waals surface area contributed by atoms with E-state index in [9.17, 15) is 14.7 Å². The fourth-order valence-corrected chi connectivity index (χ4v) is 4.09. The number of aliphatic hydroxyl groups excluding tert-OH is 1. The molecule has 0 spiro atoms. The number of hydrogen-bond donors (Lipinski definition) is 2. The second-order valence-electron chi connectivity index (χ2n) is 6.74. The van der Waals surface area contributed by atoms with E-state index in [0.29, 0.717) is 12.3 Å². The number of carbonyl (C=O) groups excluding carboxylic acids is 2. The van der Waals surface area contributed by atoms with Crippen LogP contribution in [-0.2, 0) is 14.3 Å². The number of halogens is 1. The first-order valence-corrected chi connectivity index (χ1v) is 8.68. The van der Waals surface area contributed by atoms with Crippen molar-refractivity contribution in [3.05, 3.63) is 0 Å². The summed E-state index contributed by atoms with van der Waals surface area (Å²) in [5, 5.41) is 13.5. The molecule has 5 atom stereocenters. The zero-order valence-corrected chi connectivity index (χ0v) is 14.3. The van der Waals surface area contributed by atoms with Gasteiger partial charge >= 0.3 is 5.97 Å². The standard InChI is InChI=1S/C16H26ClNO4/c1-4-5-6-7-10(2)12(19)16-14(21)22-15(16,3)11(8-9-17)13(20)18-16/h10-12,19H,4-9H2,1-3H3,(H,18,20). The zero-order valence-electron chi connectivity index (χ0n) is 13.5. The van der Waals surface area contributed by atoms with Gasteiger partial charge in [-0.25, -0.2) is 4.79 Å². The summed E-state index contributed by atoms with van der Waals surface area (Å²) in [5.74, 6) is -1.07. The second-order valence-corrected chi connectivity index (χ2v) is 7.12. The molecule has 2 aliphatic rings. The summed E-state index contributed by atoms with van der Waals surface area (Å²) < 4.78 is 5.35. The lowest BCUT2D eigenvalue weighted by Crippen LogP contribution is -2.80. The van der Waals surface area contributed by atoms with E-state index >= 15 is 0 Å². The van der Waals surface area contributed by atoms with E-state index in [-0.39, 0.29) is 11.8 Å². The van der Waals surface area contributed by atoms with Crippen LogP contribution in [0.1, 0.15) is 52.9 Å². The molecule has 5 nitrogen and oxygen atoms in total. The highest BCUT2D eigenvalue weighted by molar-refractivity contribution is 6.18. The molecule has 2 saturated heterocycles. The van der Waals surface area contributed by atoms with Gasteiger partial charge in [0.25, 0.3) is 0 Å². The first-order valence-electron chi connectivity index (χ1n) is 8.14. The summed E-state index contributed by atoms with van der Waals surface area (Å²) in [6, 6.07) is 0. The number of nitrogens with one attached hydrogen (secondary N) is 1. The van der Waals surface area contributed by atoms with Gasteiger partial charge in [0.1, 0.15) is 0 Å². The summed E-state index contributed by atoms with van der Waals surface area (Å²) in [5.41, 5.74) is -2.32. The molecule has 0 radical (unpaired) electrons. The lowest BCUT2D eigenvalue weighted by molar-refractivity contribution is -0.239. The van der Waals surface area contributed by atoms with Gasteiger partial charge in [-0.2, -0.15) is 0 Å². The van der Waals surface area contributed by atoms with E-state index in [2.05, 4.69) is 12.2 Å². The Morgan fingerprint density at radius 1 is 1.41 bits per heavy atom. The van der Waals surface area contributed by atoms with E-state index in [4.69, 9.17) is 16.3 Å². The molecule has 126 valence electrons. The number of hydrogen-bond acceptors (Lipinski definition) is 4. The Morgan fingerprint density at radius 2 is 2.09 bits per heavy atom. The van der Waals surface area contributed by atoms with Crippen LogP contribution in [0.25, 0.3) is 0 Å². The van der Waals surface area contributed by atoms with Crippen LogP contribution in [0.15, 0.2) is 0 Å². The minimum atomic E-state index is -1.31. The Labute approximate surface area is 136 Å². The van der Waals surface area contributed by atoms with Crippen LogP contribution in [0.2, 0.25) is 0 Å². The number of rotatable bonds is 8. The van der Waals surface area contributed by atoms with Gasteiger partial charge < -0.3 is 15.2 Å². The Morgan fingerprint density at radius 3 is 2.64 bits per heavy atom. The number of unbranched alkanes of at least 4 members (excludes halogenated alkanes) is 2. The van der Waals surface area contributed by atoms with Gasteiger partial charge in [-0.3, -0.25) is 4.79 Å². The molecule has 0 bridgehead atoms. The number of carbonyl (C=O) groups is 2. The molecule has 2 rings (SSSR count). The van der Waals surface area contributed by atoms with Crippen molar-refractivity contribution in [3.8, 4) is 0 Å². The van der Waals surface area contributed by atoms with Crippen molar-refractivity contribution in [2.24, 2.45) is 11.8 Å². The van der Waals surface area contributed by atoms with Crippen molar-refractivity contribution in [3.63, 3.8) is 0 Å². The maximum atomic E-state index is 12.3. The normalized spacial score (nSPS) is 36.1. The molecule has 22 heavy (non-hydrogen) atoms. The summed E-state index contributed by atoms with van der Waals surface area (Å²) in [7, 11) is 0. The third-order valence-corrected chi connectivity index (χ3v) is 5.57. The van der Waals surface area contributed by atoms with Gasteiger partial charge in [-0.1, -0.05) is 33.1 Å². The number of aliphatic hydroxyl groups is 1. The van der Waals surface area contributed by atoms with Crippen molar-refractivity contribution in [1.82, 2.24) is 5.32 Å². The van der Waals surface area contributed by atoms with Gasteiger partial charge in [0, 0.05) is 5.88 Å². The van der Waals surface area contributed by atoms with Crippen molar-refractivity contribution in [2.45, 2.75) is 70.1 Å². The fourth-order valence-electron chi connectivity index (χ4n) is 3.87. The lowest BCUT2D eigenvalue weighted by atomic mass is 9.65. The highest BCUT2D eigenvalue weighted by Crippen LogP contribution is 2.53. The third-order valence-electron chi connectivity index (χ3n) is 5.35. The van der Waals surface area contributed by atoms with Gasteiger partial charge in [-0.05, 0) is 25.7 Å². The van der Waals surface area contributed by atoms with Crippen molar-refractivity contribution < 1.29 is 19.4 Å². The molecule has 0 aromatic heterocycles. The quantitative estimate of drug-likeness (QED) is 0.405. The Hall–Kier alpha value is -0.810. The Balaban J connectivity index is 2.19. The molecule has 2 heterocycles. The minimum Gasteiger partial charge on any atom is -0.453 e. The summed E-state index contributed by atoms with van der Waals surface area (Å²) >= 11 is 5.77. The largest absolute Gasteiger partial charge is 0.453 e. The molecule has 0 aliphatic carbocycles. The summed E-state index contributed by atoms with van der Waals surface area (Å²) in [6.07, 6.45) is 3.48. The Kier molecular flexibility index (Phi) is 5.07. The van der Waals surface area contributed by atoms with Crippen LogP contribution >= 0.6 is 11.6 Å². The number of alkyl halides is 1. The second kappa shape index (κ2) is 6.36. The average molecular weight is 332 g/mol. The van der Waals surface area contributed by atoms with Gasteiger partial charge in [-0.15, -0.1) is 11.6 Å². The first-order chi connectivity index (χ1) is 10.3. The predicted octanol–water partition coefficient (Wildman–Crippen LogP) is 1.99.